The molecule has 194 valence electrons. The van der Waals surface area contributed by atoms with E-state index in [0.29, 0.717) is 39.1 Å². The third-order valence-electron chi connectivity index (χ3n) is 5.58. The van der Waals surface area contributed by atoms with E-state index in [1.807, 2.05) is 12.1 Å². The van der Waals surface area contributed by atoms with E-state index in [1.54, 1.807) is 35.3 Å². The molecule has 1 N–H and O–H groups in total. The minimum atomic E-state index is -4.51. The summed E-state index contributed by atoms with van der Waals surface area (Å²) >= 11 is 18.6. The molecule has 1 amide bonds. The molecule has 0 saturated carbocycles. The lowest BCUT2D eigenvalue weighted by Crippen LogP contribution is -2.39. The Morgan fingerprint density at radius 1 is 1.11 bits per heavy atom. The number of halogens is 6. The van der Waals surface area contributed by atoms with Crippen LogP contribution in [-0.4, -0.2) is 29.3 Å². The van der Waals surface area contributed by atoms with Gasteiger partial charge in [0.25, 0.3) is 5.91 Å². The van der Waals surface area contributed by atoms with E-state index in [-0.39, 0.29) is 18.5 Å². The van der Waals surface area contributed by atoms with E-state index in [9.17, 15) is 18.0 Å². The van der Waals surface area contributed by atoms with Crippen LogP contribution in [0.5, 0.6) is 5.88 Å². The van der Waals surface area contributed by atoms with Crippen LogP contribution >= 0.6 is 34.8 Å². The molecule has 1 aromatic heterocycles. The van der Waals surface area contributed by atoms with E-state index in [1.165, 1.54) is 6.92 Å². The molecule has 2 unspecified atom stereocenters. The number of hydrazone groups is 1. The molecule has 6 nitrogen and oxygen atoms in total. The first-order chi connectivity index (χ1) is 17.5. The molecule has 0 bridgehead atoms. The van der Waals surface area contributed by atoms with Gasteiger partial charge >= 0.3 is 6.18 Å². The molecule has 4 rings (SSSR count). The van der Waals surface area contributed by atoms with Crippen molar-refractivity contribution < 1.29 is 22.7 Å². The van der Waals surface area contributed by atoms with Crippen LogP contribution in [0.15, 0.2) is 65.9 Å². The number of benzene rings is 2. The summed E-state index contributed by atoms with van der Waals surface area (Å²) in [6.07, 6.45) is -4.36. The van der Waals surface area contributed by atoms with E-state index < -0.39 is 23.8 Å². The highest BCUT2D eigenvalue weighted by Crippen LogP contribution is 2.39. The summed E-state index contributed by atoms with van der Waals surface area (Å²) in [7, 11) is 0. The highest BCUT2D eigenvalue weighted by molar-refractivity contribution is 6.36. The number of aromatic nitrogens is 1. The van der Waals surface area contributed by atoms with Crippen molar-refractivity contribution in [2.24, 2.45) is 5.10 Å². The van der Waals surface area contributed by atoms with Crippen molar-refractivity contribution in [2.45, 2.75) is 31.7 Å². The second-order valence-electron chi connectivity index (χ2n) is 8.24. The predicted molar refractivity (Wildman–Crippen MR) is 138 cm³/mol. The lowest BCUT2D eigenvalue weighted by molar-refractivity contribution is -0.138. The molecule has 0 aliphatic carbocycles. The van der Waals surface area contributed by atoms with Gasteiger partial charge in [-0.1, -0.05) is 46.9 Å². The van der Waals surface area contributed by atoms with Gasteiger partial charge in [-0.25, -0.2) is 4.98 Å². The SMILES string of the molecule is CC(Oc1ccc(C(F)(F)F)cn1)C(=O)NCC1=NN(c2ccc(Cl)cc2Cl)C(c2ccc(Cl)cc2)C1. The zero-order chi connectivity index (χ0) is 26.7. The van der Waals surface area contributed by atoms with Crippen LogP contribution in [0, 0.1) is 0 Å². The van der Waals surface area contributed by atoms with Gasteiger partial charge in [-0.15, -0.1) is 0 Å². The number of carbonyl (C=O) groups excluding carboxylic acids is 1. The van der Waals surface area contributed by atoms with Crippen LogP contribution in [0.2, 0.25) is 15.1 Å². The molecule has 2 atom stereocenters. The number of hydrogen-bond acceptors (Lipinski definition) is 5. The van der Waals surface area contributed by atoms with Gasteiger partial charge in [-0.2, -0.15) is 18.3 Å². The topological polar surface area (TPSA) is 66.8 Å². The smallest absolute Gasteiger partial charge is 0.417 e. The Labute approximate surface area is 226 Å². The average Bonchev–Trinajstić information content (AvgIpc) is 3.26. The lowest BCUT2D eigenvalue weighted by Gasteiger charge is -2.25. The molecule has 0 saturated heterocycles. The van der Waals surface area contributed by atoms with Crippen molar-refractivity contribution in [3.05, 3.63) is 87.0 Å². The lowest BCUT2D eigenvalue weighted by atomic mass is 10.0. The van der Waals surface area contributed by atoms with Gasteiger partial charge in [-0.3, -0.25) is 9.80 Å². The van der Waals surface area contributed by atoms with Crippen molar-refractivity contribution in [1.82, 2.24) is 10.3 Å². The quantitative estimate of drug-likeness (QED) is 0.333. The average molecular weight is 572 g/mol. The number of hydrogen-bond donors (Lipinski definition) is 1. The molecule has 0 fully saturated rings. The van der Waals surface area contributed by atoms with Gasteiger partial charge in [-0.05, 0) is 48.9 Å². The van der Waals surface area contributed by atoms with Gasteiger partial charge < -0.3 is 10.1 Å². The number of nitrogens with one attached hydrogen (secondary N) is 1. The van der Waals surface area contributed by atoms with Crippen molar-refractivity contribution in [1.29, 1.82) is 0 Å². The van der Waals surface area contributed by atoms with Gasteiger partial charge in [0.05, 0.1) is 34.6 Å². The van der Waals surface area contributed by atoms with Crippen LogP contribution in [-0.2, 0) is 11.0 Å². The normalized spacial score (nSPS) is 16.4. The van der Waals surface area contributed by atoms with Crippen LogP contribution in [0.4, 0.5) is 18.9 Å². The zero-order valence-corrected chi connectivity index (χ0v) is 21.5. The number of ether oxygens (including phenoxy) is 1. The summed E-state index contributed by atoms with van der Waals surface area (Å²) in [5.74, 6) is -0.573. The Morgan fingerprint density at radius 2 is 1.81 bits per heavy atom. The van der Waals surface area contributed by atoms with Gasteiger partial charge in [0.15, 0.2) is 6.10 Å². The Morgan fingerprint density at radius 3 is 2.43 bits per heavy atom. The highest BCUT2D eigenvalue weighted by Gasteiger charge is 2.32. The molecular weight excluding hydrogens is 552 g/mol. The molecule has 2 aromatic carbocycles. The Kier molecular flexibility index (Phi) is 8.16. The Hall–Kier alpha value is -3.01. The van der Waals surface area contributed by atoms with Crippen molar-refractivity contribution in [3.63, 3.8) is 0 Å². The minimum absolute atomic E-state index is 0.0970. The molecule has 1 aliphatic heterocycles. The molecular formula is C25H20Cl3F3N4O2. The number of nitrogens with zero attached hydrogens (tertiary/aromatic N) is 3. The number of anilines is 1. The second kappa shape index (κ2) is 11.2. The fraction of sp³-hybridized carbons (Fsp3) is 0.240. The van der Waals surface area contributed by atoms with E-state index in [4.69, 9.17) is 44.6 Å². The van der Waals surface area contributed by atoms with Gasteiger partial charge in [0.2, 0.25) is 5.88 Å². The highest BCUT2D eigenvalue weighted by atomic mass is 35.5. The van der Waals surface area contributed by atoms with Crippen molar-refractivity contribution >= 4 is 52.1 Å². The molecule has 0 radical (unpaired) electrons. The summed E-state index contributed by atoms with van der Waals surface area (Å²) in [6, 6.07) is 14.2. The predicted octanol–water partition coefficient (Wildman–Crippen LogP) is 6.95. The summed E-state index contributed by atoms with van der Waals surface area (Å²) in [6.45, 7) is 1.60. The number of rotatable bonds is 7. The van der Waals surface area contributed by atoms with Crippen molar-refractivity contribution in [3.8, 4) is 5.88 Å². The summed E-state index contributed by atoms with van der Waals surface area (Å²) in [4.78, 5) is 16.2. The van der Waals surface area contributed by atoms with Crippen LogP contribution in [0.25, 0.3) is 0 Å². The van der Waals surface area contributed by atoms with Crippen LogP contribution in [0.1, 0.15) is 30.5 Å². The first-order valence-corrected chi connectivity index (χ1v) is 12.2. The minimum Gasteiger partial charge on any atom is -0.465 e. The zero-order valence-electron chi connectivity index (χ0n) is 19.3. The maximum absolute atomic E-state index is 12.7. The number of alkyl halides is 3. The van der Waals surface area contributed by atoms with Crippen LogP contribution < -0.4 is 15.1 Å². The molecule has 0 spiro atoms. The third-order valence-corrected chi connectivity index (χ3v) is 6.37. The maximum atomic E-state index is 12.7. The number of carbonyl (C=O) groups is 1. The largest absolute Gasteiger partial charge is 0.465 e. The molecule has 37 heavy (non-hydrogen) atoms. The van der Waals surface area contributed by atoms with Crippen molar-refractivity contribution in [2.75, 3.05) is 11.6 Å². The van der Waals surface area contributed by atoms with E-state index in [0.717, 1.165) is 17.7 Å². The number of amides is 1. The fourth-order valence-corrected chi connectivity index (χ4v) is 4.32. The standard InChI is InChI=1S/C25H20Cl3F3N4O2/c1-14(37-23-9-4-16(12-32-23)25(29,30)31)24(36)33-13-19-11-22(15-2-5-17(26)6-3-15)35(34-19)21-8-7-18(27)10-20(21)28/h2-10,12,14,22H,11,13H2,1H3,(H,33,36). The van der Waals surface area contributed by atoms with Crippen LogP contribution in [0.3, 0.4) is 0 Å². The first kappa shape index (κ1) is 27.0. The third kappa shape index (κ3) is 6.66. The Bertz CT molecular complexity index is 1300. The molecule has 12 heteroatoms. The molecule has 2 heterocycles. The fourth-order valence-electron chi connectivity index (χ4n) is 3.70. The summed E-state index contributed by atoms with van der Waals surface area (Å²) in [5.41, 5.74) is 1.37. The number of pyridine rings is 1. The van der Waals surface area contributed by atoms with Gasteiger partial charge in [0, 0.05) is 28.7 Å². The second-order valence-corrected chi connectivity index (χ2v) is 9.52. The van der Waals surface area contributed by atoms with E-state index in [2.05, 4.69) is 10.3 Å². The summed E-state index contributed by atoms with van der Waals surface area (Å²) in [5, 5.41) is 10.7. The maximum Gasteiger partial charge on any atom is 0.417 e. The van der Waals surface area contributed by atoms with E-state index >= 15 is 0 Å². The monoisotopic (exact) mass is 570 g/mol. The molecule has 1 aliphatic rings. The summed E-state index contributed by atoms with van der Waals surface area (Å²) < 4.78 is 43.5. The molecule has 3 aromatic rings. The first-order valence-electron chi connectivity index (χ1n) is 11.0. The Balaban J connectivity index is 1.44. The van der Waals surface area contributed by atoms with Gasteiger partial charge in [0.1, 0.15) is 0 Å².